The maximum Gasteiger partial charge on any atom is 0.196 e. The fourth-order valence-electron chi connectivity index (χ4n) is 2.02. The Kier molecular flexibility index (Phi) is 5.88. The number of ether oxygens (including phenoxy) is 1. The number of thioether (sulfide) groups is 1. The molecular weight excluding hydrogens is 280 g/mol. The molecule has 0 amide bonds. The molecule has 0 aliphatic rings. The summed E-state index contributed by atoms with van der Waals surface area (Å²) in [5.41, 5.74) is 1.32. The number of rotatable bonds is 7. The second-order valence-electron chi connectivity index (χ2n) is 4.63. The molecule has 0 saturated carbocycles. The van der Waals surface area contributed by atoms with Gasteiger partial charge in [-0.2, -0.15) is 0 Å². The number of para-hydroxylation sites is 1. The lowest BCUT2D eigenvalue weighted by atomic mass is 10.0. The van der Waals surface area contributed by atoms with Crippen LogP contribution in [-0.2, 0) is 0 Å². The SMILES string of the molecule is CCCOc1ccccc1C(=O)c1ccc(SCC)cc1. The third-order valence-electron chi connectivity index (χ3n) is 3.02. The molecule has 0 atom stereocenters. The molecule has 0 N–H and O–H groups in total. The zero-order valence-electron chi connectivity index (χ0n) is 12.5. The summed E-state index contributed by atoms with van der Waals surface area (Å²) in [4.78, 5) is 13.8. The number of carbonyl (C=O) groups is 1. The van der Waals surface area contributed by atoms with Crippen molar-refractivity contribution >= 4 is 17.5 Å². The van der Waals surface area contributed by atoms with Gasteiger partial charge >= 0.3 is 0 Å². The van der Waals surface area contributed by atoms with Gasteiger partial charge in [-0.15, -0.1) is 11.8 Å². The van der Waals surface area contributed by atoms with Gasteiger partial charge in [0.15, 0.2) is 5.78 Å². The van der Waals surface area contributed by atoms with E-state index >= 15 is 0 Å². The predicted molar refractivity (Wildman–Crippen MR) is 88.5 cm³/mol. The summed E-state index contributed by atoms with van der Waals surface area (Å²) in [6, 6.07) is 15.2. The monoisotopic (exact) mass is 300 g/mol. The molecule has 0 saturated heterocycles. The van der Waals surface area contributed by atoms with Crippen LogP contribution in [0.2, 0.25) is 0 Å². The first-order chi connectivity index (χ1) is 10.3. The number of benzene rings is 2. The van der Waals surface area contributed by atoms with Crippen molar-refractivity contribution in [2.45, 2.75) is 25.2 Å². The summed E-state index contributed by atoms with van der Waals surface area (Å²) >= 11 is 1.77. The van der Waals surface area contributed by atoms with Gasteiger partial charge in [0.2, 0.25) is 0 Å². The van der Waals surface area contributed by atoms with Gasteiger partial charge in [-0.05, 0) is 48.6 Å². The molecule has 2 nitrogen and oxygen atoms in total. The van der Waals surface area contributed by atoms with Crippen molar-refractivity contribution < 1.29 is 9.53 Å². The Morgan fingerprint density at radius 1 is 1.05 bits per heavy atom. The Balaban J connectivity index is 2.23. The third-order valence-corrected chi connectivity index (χ3v) is 3.92. The maximum atomic E-state index is 12.6. The minimum Gasteiger partial charge on any atom is -0.493 e. The number of hydrogen-bond donors (Lipinski definition) is 0. The van der Waals surface area contributed by atoms with E-state index in [0.29, 0.717) is 23.5 Å². The summed E-state index contributed by atoms with van der Waals surface area (Å²) in [6.45, 7) is 4.79. The van der Waals surface area contributed by atoms with Gasteiger partial charge in [0.25, 0.3) is 0 Å². The van der Waals surface area contributed by atoms with Crippen LogP contribution in [0.5, 0.6) is 5.75 Å². The van der Waals surface area contributed by atoms with Crippen molar-refractivity contribution in [3.05, 3.63) is 59.7 Å². The normalized spacial score (nSPS) is 10.4. The van der Waals surface area contributed by atoms with Gasteiger partial charge < -0.3 is 4.74 Å². The second kappa shape index (κ2) is 7.89. The summed E-state index contributed by atoms with van der Waals surface area (Å²) in [7, 11) is 0. The molecule has 21 heavy (non-hydrogen) atoms. The van der Waals surface area contributed by atoms with Gasteiger partial charge in [0, 0.05) is 10.5 Å². The van der Waals surface area contributed by atoms with Crippen LogP contribution in [0.4, 0.5) is 0 Å². The quantitative estimate of drug-likeness (QED) is 0.542. The lowest BCUT2D eigenvalue weighted by Gasteiger charge is -2.10. The van der Waals surface area contributed by atoms with E-state index in [2.05, 4.69) is 13.8 Å². The van der Waals surface area contributed by atoms with Crippen molar-refractivity contribution in [2.24, 2.45) is 0 Å². The Hall–Kier alpha value is -1.74. The molecule has 0 spiro atoms. The fourth-order valence-corrected chi connectivity index (χ4v) is 2.68. The fraction of sp³-hybridized carbons (Fsp3) is 0.278. The van der Waals surface area contributed by atoms with Gasteiger partial charge in [-0.25, -0.2) is 0 Å². The van der Waals surface area contributed by atoms with Gasteiger partial charge in [-0.3, -0.25) is 4.79 Å². The first kappa shape index (κ1) is 15.6. The zero-order valence-corrected chi connectivity index (χ0v) is 13.3. The zero-order chi connectivity index (χ0) is 15.1. The third kappa shape index (κ3) is 4.11. The highest BCUT2D eigenvalue weighted by Crippen LogP contribution is 2.23. The molecule has 0 fully saturated rings. The molecular formula is C18H20O2S. The molecule has 110 valence electrons. The molecule has 2 rings (SSSR count). The second-order valence-corrected chi connectivity index (χ2v) is 5.97. The average molecular weight is 300 g/mol. The van der Waals surface area contributed by atoms with E-state index < -0.39 is 0 Å². The Morgan fingerprint density at radius 3 is 2.43 bits per heavy atom. The van der Waals surface area contributed by atoms with E-state index in [-0.39, 0.29) is 5.78 Å². The summed E-state index contributed by atoms with van der Waals surface area (Å²) in [6.07, 6.45) is 0.922. The van der Waals surface area contributed by atoms with Crippen molar-refractivity contribution in [3.8, 4) is 5.75 Å². The van der Waals surface area contributed by atoms with Crippen LogP contribution < -0.4 is 4.74 Å². The van der Waals surface area contributed by atoms with Gasteiger partial charge in [0.1, 0.15) is 5.75 Å². The highest BCUT2D eigenvalue weighted by Gasteiger charge is 2.14. The molecule has 0 bridgehead atoms. The molecule has 2 aromatic carbocycles. The van der Waals surface area contributed by atoms with Gasteiger partial charge in [-0.1, -0.05) is 26.0 Å². The van der Waals surface area contributed by atoms with E-state index in [1.54, 1.807) is 11.8 Å². The van der Waals surface area contributed by atoms with Crippen LogP contribution >= 0.6 is 11.8 Å². The lowest BCUT2D eigenvalue weighted by molar-refractivity contribution is 0.103. The van der Waals surface area contributed by atoms with E-state index in [1.165, 1.54) is 4.90 Å². The smallest absolute Gasteiger partial charge is 0.196 e. The number of ketones is 1. The lowest BCUT2D eigenvalue weighted by Crippen LogP contribution is -2.06. The Labute approximate surface area is 130 Å². The number of carbonyl (C=O) groups excluding carboxylic acids is 1. The van der Waals surface area contributed by atoms with Crippen LogP contribution in [0.15, 0.2) is 53.4 Å². The van der Waals surface area contributed by atoms with Crippen molar-refractivity contribution in [1.29, 1.82) is 0 Å². The maximum absolute atomic E-state index is 12.6. The molecule has 3 heteroatoms. The van der Waals surface area contributed by atoms with Crippen molar-refractivity contribution in [1.82, 2.24) is 0 Å². The van der Waals surface area contributed by atoms with Crippen LogP contribution in [0.25, 0.3) is 0 Å². The molecule has 0 aliphatic carbocycles. The summed E-state index contributed by atoms with van der Waals surface area (Å²) in [5.74, 6) is 1.70. The topological polar surface area (TPSA) is 26.3 Å². The average Bonchev–Trinajstić information content (AvgIpc) is 2.53. The van der Waals surface area contributed by atoms with Crippen LogP contribution in [0.3, 0.4) is 0 Å². The minimum atomic E-state index is 0.00903. The summed E-state index contributed by atoms with van der Waals surface area (Å²) < 4.78 is 5.67. The summed E-state index contributed by atoms with van der Waals surface area (Å²) in [5, 5.41) is 0. The van der Waals surface area contributed by atoms with Gasteiger partial charge in [0.05, 0.1) is 12.2 Å². The predicted octanol–water partition coefficient (Wildman–Crippen LogP) is 4.82. The largest absolute Gasteiger partial charge is 0.493 e. The highest BCUT2D eigenvalue weighted by molar-refractivity contribution is 7.99. The first-order valence-corrected chi connectivity index (χ1v) is 8.24. The Morgan fingerprint density at radius 2 is 1.76 bits per heavy atom. The minimum absolute atomic E-state index is 0.00903. The molecule has 2 aromatic rings. The molecule has 0 unspecified atom stereocenters. The molecule has 0 aliphatic heterocycles. The Bertz CT molecular complexity index is 590. The van der Waals surface area contributed by atoms with E-state index in [0.717, 1.165) is 12.2 Å². The first-order valence-electron chi connectivity index (χ1n) is 7.25. The molecule has 0 heterocycles. The van der Waals surface area contributed by atoms with Crippen LogP contribution in [-0.4, -0.2) is 18.1 Å². The number of hydrogen-bond acceptors (Lipinski definition) is 3. The molecule has 0 radical (unpaired) electrons. The molecule has 0 aromatic heterocycles. The van der Waals surface area contributed by atoms with E-state index in [1.807, 2.05) is 48.5 Å². The van der Waals surface area contributed by atoms with Crippen LogP contribution in [0.1, 0.15) is 36.2 Å². The van der Waals surface area contributed by atoms with Crippen LogP contribution in [0, 0.1) is 0 Å². The van der Waals surface area contributed by atoms with Crippen molar-refractivity contribution in [3.63, 3.8) is 0 Å². The highest BCUT2D eigenvalue weighted by atomic mass is 32.2. The van der Waals surface area contributed by atoms with E-state index in [9.17, 15) is 4.79 Å². The van der Waals surface area contributed by atoms with E-state index in [4.69, 9.17) is 4.74 Å². The standard InChI is InChI=1S/C18H20O2S/c1-3-13-20-17-8-6-5-7-16(17)18(19)14-9-11-15(12-10-14)21-4-2/h5-12H,3-4,13H2,1-2H3. The van der Waals surface area contributed by atoms with Crippen molar-refractivity contribution in [2.75, 3.05) is 12.4 Å².